The highest BCUT2D eigenvalue weighted by Gasteiger charge is 2.17. The first-order chi connectivity index (χ1) is 9.34. The van der Waals surface area contributed by atoms with Gasteiger partial charge in [0.25, 0.3) is 0 Å². The van der Waals surface area contributed by atoms with E-state index in [0.29, 0.717) is 10.4 Å². The van der Waals surface area contributed by atoms with Crippen molar-refractivity contribution in [2.75, 3.05) is 12.9 Å². The zero-order valence-electron chi connectivity index (χ0n) is 10.5. The lowest BCUT2D eigenvalue weighted by Crippen LogP contribution is -2.30. The number of hydrogen-bond acceptors (Lipinski definition) is 6. The van der Waals surface area contributed by atoms with Crippen LogP contribution in [-0.2, 0) is 30.9 Å². The molecule has 0 aromatic carbocycles. The molecule has 0 saturated carbocycles. The Kier molecular flexibility index (Phi) is 5.86. The fourth-order valence-electron chi connectivity index (χ4n) is 1.24. The molecule has 0 aliphatic carbocycles. The number of aliphatic carboxylic acids is 1. The van der Waals surface area contributed by atoms with E-state index in [4.69, 9.17) is 5.11 Å². The first-order valence-corrected chi connectivity index (χ1v) is 7.89. The summed E-state index contributed by atoms with van der Waals surface area (Å²) in [5, 5.41) is 10.3. The van der Waals surface area contributed by atoms with Gasteiger partial charge in [-0.1, -0.05) is 0 Å². The minimum atomic E-state index is -3.78. The summed E-state index contributed by atoms with van der Waals surface area (Å²) in [5.41, 5.74) is 0.609. The van der Waals surface area contributed by atoms with Crippen LogP contribution in [0.1, 0.15) is 10.4 Å². The van der Waals surface area contributed by atoms with Crippen LogP contribution in [0.25, 0.3) is 6.08 Å². The van der Waals surface area contributed by atoms with E-state index >= 15 is 0 Å². The van der Waals surface area contributed by atoms with Gasteiger partial charge in [0.15, 0.2) is 5.75 Å². The van der Waals surface area contributed by atoms with Crippen molar-refractivity contribution in [2.24, 2.45) is 0 Å². The van der Waals surface area contributed by atoms with Crippen LogP contribution >= 0.6 is 11.3 Å². The Bertz CT molecular complexity index is 617. The molecule has 0 fully saturated rings. The van der Waals surface area contributed by atoms with Crippen molar-refractivity contribution in [3.05, 3.63) is 28.0 Å². The molecule has 9 heteroatoms. The molecule has 110 valence electrons. The maximum Gasteiger partial charge on any atom is 0.328 e. The molecule has 20 heavy (non-hydrogen) atoms. The minimum Gasteiger partial charge on any atom is -0.478 e. The monoisotopic (exact) mass is 319 g/mol. The molecule has 0 spiro atoms. The van der Waals surface area contributed by atoms with Crippen molar-refractivity contribution in [2.45, 2.75) is 6.54 Å². The lowest BCUT2D eigenvalue weighted by molar-refractivity contribution is -0.137. The minimum absolute atomic E-state index is 0.0176. The van der Waals surface area contributed by atoms with Crippen LogP contribution in [0.4, 0.5) is 0 Å². The fourth-order valence-corrected chi connectivity index (χ4v) is 3.04. The number of nitrogens with one attached hydrogen (secondary N) is 1. The average molecular weight is 319 g/mol. The first-order valence-electron chi connectivity index (χ1n) is 5.35. The van der Waals surface area contributed by atoms with Crippen LogP contribution < -0.4 is 4.72 Å². The number of methoxy groups -OCH3 is 1. The van der Waals surface area contributed by atoms with E-state index in [2.05, 4.69) is 9.46 Å². The predicted octanol–water partition coefficient (Wildman–Crippen LogP) is 0.438. The van der Waals surface area contributed by atoms with Gasteiger partial charge in [0, 0.05) is 17.5 Å². The second-order valence-electron chi connectivity index (χ2n) is 3.63. The number of carbonyl (C=O) groups excluding carboxylic acids is 1. The third-order valence-electron chi connectivity index (χ3n) is 2.17. The number of thiophene rings is 1. The summed E-state index contributed by atoms with van der Waals surface area (Å²) in [6.45, 7) is -0.0176. The molecule has 7 nitrogen and oxygen atoms in total. The molecule has 0 saturated heterocycles. The summed E-state index contributed by atoms with van der Waals surface area (Å²) in [5.74, 6) is -2.70. The molecule has 1 aromatic heterocycles. The van der Waals surface area contributed by atoms with Crippen molar-refractivity contribution in [3.8, 4) is 0 Å². The fraction of sp³-hybridized carbons (Fsp3) is 0.273. The number of ether oxygens (including phenoxy) is 1. The largest absolute Gasteiger partial charge is 0.478 e. The molecule has 0 radical (unpaired) electrons. The Labute approximate surface area is 119 Å². The molecule has 1 heterocycles. The zero-order chi connectivity index (χ0) is 15.2. The maximum absolute atomic E-state index is 11.6. The number of rotatable bonds is 7. The van der Waals surface area contributed by atoms with Crippen LogP contribution in [0, 0.1) is 0 Å². The molecule has 0 aliphatic rings. The quantitative estimate of drug-likeness (QED) is 0.557. The molecule has 0 atom stereocenters. The van der Waals surface area contributed by atoms with Gasteiger partial charge in [-0.25, -0.2) is 17.9 Å². The molecular formula is C11H13NO6S2. The zero-order valence-corrected chi connectivity index (χ0v) is 12.2. The topological polar surface area (TPSA) is 110 Å². The van der Waals surface area contributed by atoms with Gasteiger partial charge < -0.3 is 9.84 Å². The van der Waals surface area contributed by atoms with Gasteiger partial charge >= 0.3 is 11.9 Å². The number of carbonyl (C=O) groups is 2. The molecule has 0 aliphatic heterocycles. The second-order valence-corrected chi connectivity index (χ2v) is 6.43. The number of sulfonamides is 1. The number of carboxylic acid groups (broad SMARTS) is 1. The number of carboxylic acids is 1. The van der Waals surface area contributed by atoms with Gasteiger partial charge in [-0.15, -0.1) is 11.3 Å². The van der Waals surface area contributed by atoms with E-state index in [1.54, 1.807) is 11.4 Å². The van der Waals surface area contributed by atoms with E-state index in [1.165, 1.54) is 17.4 Å². The third kappa shape index (κ3) is 5.51. The van der Waals surface area contributed by atoms with Gasteiger partial charge in [0.1, 0.15) is 0 Å². The summed E-state index contributed by atoms with van der Waals surface area (Å²) >= 11 is 1.28. The summed E-state index contributed by atoms with van der Waals surface area (Å²) in [4.78, 5) is 22.0. The van der Waals surface area contributed by atoms with Gasteiger partial charge in [0.05, 0.1) is 7.11 Å². The van der Waals surface area contributed by atoms with Crippen LogP contribution in [0.5, 0.6) is 0 Å². The smallest absolute Gasteiger partial charge is 0.328 e. The molecular weight excluding hydrogens is 306 g/mol. The molecule has 2 N–H and O–H groups in total. The summed E-state index contributed by atoms with van der Waals surface area (Å²) in [6, 6.07) is 1.67. The number of esters is 1. The lowest BCUT2D eigenvalue weighted by atomic mass is 10.2. The summed E-state index contributed by atoms with van der Waals surface area (Å²) < 4.78 is 29.6. The molecule has 1 rings (SSSR count). The Hall–Kier alpha value is -1.71. The van der Waals surface area contributed by atoms with Crippen molar-refractivity contribution in [3.63, 3.8) is 0 Å². The van der Waals surface area contributed by atoms with Crippen LogP contribution in [0.3, 0.4) is 0 Å². The van der Waals surface area contributed by atoms with Crippen LogP contribution in [0.15, 0.2) is 17.5 Å². The highest BCUT2D eigenvalue weighted by Crippen LogP contribution is 2.18. The van der Waals surface area contributed by atoms with Crippen molar-refractivity contribution >= 4 is 39.4 Å². The molecule has 1 aromatic rings. The standard InChI is InChI=1S/C11H13NO6S2/c1-18-11(15)7-20(16,17)12-6-9-8(4-5-19-9)2-3-10(13)14/h2-5,12H,6-7H2,1H3,(H,13,14)/b3-2+. The van der Waals surface area contributed by atoms with Gasteiger partial charge in [-0.3, -0.25) is 4.79 Å². The van der Waals surface area contributed by atoms with Gasteiger partial charge in [-0.2, -0.15) is 0 Å². The van der Waals surface area contributed by atoms with Crippen molar-refractivity contribution in [1.29, 1.82) is 0 Å². The molecule has 0 unspecified atom stereocenters. The van der Waals surface area contributed by atoms with E-state index in [-0.39, 0.29) is 6.54 Å². The Morgan fingerprint density at radius 1 is 1.50 bits per heavy atom. The molecule has 0 amide bonds. The number of hydrogen-bond donors (Lipinski definition) is 2. The second kappa shape index (κ2) is 7.17. The van der Waals surface area contributed by atoms with Crippen LogP contribution in [0.2, 0.25) is 0 Å². The third-order valence-corrected chi connectivity index (χ3v) is 4.31. The van der Waals surface area contributed by atoms with Gasteiger partial charge in [0.2, 0.25) is 10.0 Å². The highest BCUT2D eigenvalue weighted by atomic mass is 32.2. The predicted molar refractivity (Wildman–Crippen MR) is 73.6 cm³/mol. The Balaban J connectivity index is 2.69. The van der Waals surface area contributed by atoms with Gasteiger partial charge in [-0.05, 0) is 23.1 Å². The van der Waals surface area contributed by atoms with E-state index in [0.717, 1.165) is 13.2 Å². The highest BCUT2D eigenvalue weighted by molar-refractivity contribution is 7.90. The van der Waals surface area contributed by atoms with E-state index < -0.39 is 27.7 Å². The summed E-state index contributed by atoms with van der Waals surface area (Å²) in [6.07, 6.45) is 2.34. The van der Waals surface area contributed by atoms with E-state index in [1.807, 2.05) is 0 Å². The maximum atomic E-state index is 11.6. The Morgan fingerprint density at radius 2 is 2.20 bits per heavy atom. The Morgan fingerprint density at radius 3 is 2.80 bits per heavy atom. The SMILES string of the molecule is COC(=O)CS(=O)(=O)NCc1sccc1/C=C/C(=O)O. The van der Waals surface area contributed by atoms with E-state index in [9.17, 15) is 18.0 Å². The van der Waals surface area contributed by atoms with Crippen molar-refractivity contribution < 1.29 is 27.9 Å². The lowest BCUT2D eigenvalue weighted by Gasteiger charge is -2.05. The van der Waals surface area contributed by atoms with Crippen LogP contribution in [-0.4, -0.2) is 38.3 Å². The normalized spacial score (nSPS) is 11.7. The first kappa shape index (κ1) is 16.3. The average Bonchev–Trinajstić information content (AvgIpc) is 2.81. The van der Waals surface area contributed by atoms with Crippen molar-refractivity contribution in [1.82, 2.24) is 4.72 Å². The molecule has 0 bridgehead atoms. The summed E-state index contributed by atoms with van der Waals surface area (Å²) in [7, 11) is -2.67.